The molecule has 4 rings (SSSR count). The van der Waals surface area contributed by atoms with Gasteiger partial charge >= 0.3 is 5.69 Å². The van der Waals surface area contributed by atoms with Crippen LogP contribution in [0.2, 0.25) is 0 Å². The number of benzene rings is 2. The number of H-pyrrole nitrogens is 1. The summed E-state index contributed by atoms with van der Waals surface area (Å²) in [6.45, 7) is -0.0590. The zero-order valence-electron chi connectivity index (χ0n) is 14.1. The lowest BCUT2D eigenvalue weighted by atomic mass is 10.1. The number of nitrogens with one attached hydrogen (secondary N) is 2. The van der Waals surface area contributed by atoms with E-state index in [0.717, 1.165) is 21.5 Å². The van der Waals surface area contributed by atoms with Crippen molar-refractivity contribution in [2.75, 3.05) is 5.32 Å². The van der Waals surface area contributed by atoms with Crippen molar-refractivity contribution in [3.05, 3.63) is 99.2 Å². The number of rotatable bonds is 4. The topological polar surface area (TPSA) is 97.1 Å². The van der Waals surface area contributed by atoms with E-state index in [4.69, 9.17) is 4.42 Å². The highest BCUT2D eigenvalue weighted by atomic mass is 16.3. The summed E-state index contributed by atoms with van der Waals surface area (Å²) in [7, 11) is 0. The number of hydrogen-bond donors (Lipinski definition) is 2. The number of fused-ring (bicyclic) bond motifs is 1. The average molecular weight is 361 g/mol. The van der Waals surface area contributed by atoms with Crippen LogP contribution in [0.3, 0.4) is 0 Å². The third kappa shape index (κ3) is 3.18. The molecule has 27 heavy (non-hydrogen) atoms. The number of nitrogens with zero attached hydrogens (tertiary/aromatic N) is 1. The molecule has 7 nitrogen and oxygen atoms in total. The molecular formula is C20H15N3O4. The number of aromatic nitrogens is 2. The molecule has 2 heterocycles. The first kappa shape index (κ1) is 16.6. The highest BCUT2D eigenvalue weighted by Crippen LogP contribution is 2.23. The van der Waals surface area contributed by atoms with Gasteiger partial charge in [0.05, 0.1) is 12.8 Å². The summed E-state index contributed by atoms with van der Waals surface area (Å²) in [6, 6.07) is 16.4. The summed E-state index contributed by atoms with van der Waals surface area (Å²) in [5, 5.41) is 4.57. The van der Waals surface area contributed by atoms with Gasteiger partial charge in [0.15, 0.2) is 0 Å². The second-order valence-corrected chi connectivity index (χ2v) is 5.96. The van der Waals surface area contributed by atoms with Crippen LogP contribution >= 0.6 is 0 Å². The van der Waals surface area contributed by atoms with Gasteiger partial charge in [0.2, 0.25) is 0 Å². The Balaban J connectivity index is 1.70. The molecule has 0 aliphatic carbocycles. The van der Waals surface area contributed by atoms with Gasteiger partial charge in [0, 0.05) is 17.3 Å². The fourth-order valence-electron chi connectivity index (χ4n) is 2.90. The largest absolute Gasteiger partial charge is 0.467 e. The van der Waals surface area contributed by atoms with E-state index in [1.807, 2.05) is 36.4 Å². The second kappa shape index (κ2) is 6.80. The van der Waals surface area contributed by atoms with Gasteiger partial charge in [-0.1, -0.05) is 36.4 Å². The van der Waals surface area contributed by atoms with Crippen LogP contribution in [0, 0.1) is 0 Å². The molecule has 2 aromatic carbocycles. The van der Waals surface area contributed by atoms with E-state index in [9.17, 15) is 14.4 Å². The summed E-state index contributed by atoms with van der Waals surface area (Å²) < 4.78 is 6.11. The molecule has 0 fully saturated rings. The van der Waals surface area contributed by atoms with Gasteiger partial charge in [0.25, 0.3) is 11.5 Å². The molecule has 0 bridgehead atoms. The Morgan fingerprint density at radius 1 is 1.04 bits per heavy atom. The fraction of sp³-hybridized carbons (Fsp3) is 0.0500. The maximum absolute atomic E-state index is 12.7. The van der Waals surface area contributed by atoms with E-state index < -0.39 is 17.2 Å². The highest BCUT2D eigenvalue weighted by molar-refractivity contribution is 6.08. The standard InChI is InChI=1S/C20H15N3O4/c24-18(22-17-9-3-6-13-5-1-2-8-15(13)17)16-11-21-20(26)23(19(16)25)12-14-7-4-10-27-14/h1-11H,12H2,(H,21,26)(H,22,24). The number of amides is 1. The molecule has 0 spiro atoms. The van der Waals surface area contributed by atoms with Gasteiger partial charge in [-0.15, -0.1) is 0 Å². The van der Waals surface area contributed by atoms with E-state index >= 15 is 0 Å². The minimum absolute atomic E-state index is 0.0590. The first-order valence-electron chi connectivity index (χ1n) is 8.27. The fourth-order valence-corrected chi connectivity index (χ4v) is 2.90. The molecular weight excluding hydrogens is 346 g/mol. The first-order valence-corrected chi connectivity index (χ1v) is 8.27. The monoisotopic (exact) mass is 361 g/mol. The van der Waals surface area contributed by atoms with Gasteiger partial charge in [-0.3, -0.25) is 14.2 Å². The Kier molecular flexibility index (Phi) is 4.18. The summed E-state index contributed by atoms with van der Waals surface area (Å²) in [5.74, 6) is -0.157. The smallest absolute Gasteiger partial charge is 0.328 e. The molecule has 0 aliphatic heterocycles. The highest BCUT2D eigenvalue weighted by Gasteiger charge is 2.16. The van der Waals surface area contributed by atoms with E-state index in [-0.39, 0.29) is 12.1 Å². The lowest BCUT2D eigenvalue weighted by Gasteiger charge is -2.09. The maximum Gasteiger partial charge on any atom is 0.328 e. The summed E-state index contributed by atoms with van der Waals surface area (Å²) >= 11 is 0. The van der Waals surface area contributed by atoms with Crippen molar-refractivity contribution < 1.29 is 9.21 Å². The minimum atomic E-state index is -0.687. The molecule has 2 N–H and O–H groups in total. The third-order valence-electron chi connectivity index (χ3n) is 4.24. The summed E-state index contributed by atoms with van der Waals surface area (Å²) in [6.07, 6.45) is 2.58. The van der Waals surface area contributed by atoms with Crippen LogP contribution < -0.4 is 16.6 Å². The van der Waals surface area contributed by atoms with Crippen molar-refractivity contribution in [2.24, 2.45) is 0 Å². The Morgan fingerprint density at radius 3 is 2.67 bits per heavy atom. The third-order valence-corrected chi connectivity index (χ3v) is 4.24. The van der Waals surface area contributed by atoms with Gasteiger partial charge in [-0.2, -0.15) is 0 Å². The molecule has 0 aliphatic rings. The lowest BCUT2D eigenvalue weighted by molar-refractivity contribution is 0.102. The molecule has 0 atom stereocenters. The molecule has 0 radical (unpaired) electrons. The molecule has 4 aromatic rings. The molecule has 2 aromatic heterocycles. The van der Waals surface area contributed by atoms with Crippen molar-refractivity contribution >= 4 is 22.4 Å². The Morgan fingerprint density at radius 2 is 1.85 bits per heavy atom. The second-order valence-electron chi connectivity index (χ2n) is 5.96. The van der Waals surface area contributed by atoms with Gasteiger partial charge in [0.1, 0.15) is 11.3 Å². The van der Waals surface area contributed by atoms with E-state index in [0.29, 0.717) is 11.4 Å². The Bertz CT molecular complexity index is 1230. The van der Waals surface area contributed by atoms with Crippen LogP contribution in [0.15, 0.2) is 81.1 Å². The van der Waals surface area contributed by atoms with Gasteiger partial charge < -0.3 is 14.7 Å². The van der Waals surface area contributed by atoms with Crippen LogP contribution in [-0.2, 0) is 6.54 Å². The van der Waals surface area contributed by atoms with Gasteiger partial charge in [-0.25, -0.2) is 4.79 Å². The number of aromatic amines is 1. The number of furan rings is 1. The normalized spacial score (nSPS) is 10.8. The van der Waals surface area contributed by atoms with Crippen LogP contribution in [0.1, 0.15) is 16.1 Å². The summed E-state index contributed by atoms with van der Waals surface area (Å²) in [5.41, 5.74) is -0.874. The quantitative estimate of drug-likeness (QED) is 0.584. The van der Waals surface area contributed by atoms with Crippen LogP contribution in [0.5, 0.6) is 0 Å². The van der Waals surface area contributed by atoms with E-state index in [2.05, 4.69) is 10.3 Å². The van der Waals surface area contributed by atoms with Crippen molar-refractivity contribution in [3.8, 4) is 0 Å². The molecule has 1 amide bonds. The number of carbonyl (C=O) groups is 1. The average Bonchev–Trinajstić information content (AvgIpc) is 3.18. The number of carbonyl (C=O) groups excluding carboxylic acids is 1. The number of anilines is 1. The Hall–Kier alpha value is -3.87. The van der Waals surface area contributed by atoms with E-state index in [1.54, 1.807) is 18.2 Å². The van der Waals surface area contributed by atoms with Crippen molar-refractivity contribution in [3.63, 3.8) is 0 Å². The SMILES string of the molecule is O=C(Nc1cccc2ccccc12)c1c[nH]c(=O)n(Cc2ccco2)c1=O. The zero-order chi connectivity index (χ0) is 18.8. The first-order chi connectivity index (χ1) is 13.1. The zero-order valence-corrected chi connectivity index (χ0v) is 14.1. The van der Waals surface area contributed by atoms with E-state index in [1.165, 1.54) is 6.26 Å². The minimum Gasteiger partial charge on any atom is -0.467 e. The molecule has 0 saturated carbocycles. The van der Waals surface area contributed by atoms with Crippen molar-refractivity contribution in [1.29, 1.82) is 0 Å². The van der Waals surface area contributed by atoms with Crippen LogP contribution in [0.4, 0.5) is 5.69 Å². The molecule has 0 saturated heterocycles. The summed E-state index contributed by atoms with van der Waals surface area (Å²) in [4.78, 5) is 39.8. The van der Waals surface area contributed by atoms with Crippen LogP contribution in [-0.4, -0.2) is 15.5 Å². The van der Waals surface area contributed by atoms with Crippen molar-refractivity contribution in [2.45, 2.75) is 6.54 Å². The lowest BCUT2D eigenvalue weighted by Crippen LogP contribution is -2.39. The van der Waals surface area contributed by atoms with Crippen LogP contribution in [0.25, 0.3) is 10.8 Å². The number of hydrogen-bond acceptors (Lipinski definition) is 4. The predicted octanol–water partition coefficient (Wildman–Crippen LogP) is 2.58. The molecule has 7 heteroatoms. The molecule has 0 unspecified atom stereocenters. The predicted molar refractivity (Wildman–Crippen MR) is 101 cm³/mol. The molecule has 134 valence electrons. The van der Waals surface area contributed by atoms with Gasteiger partial charge in [-0.05, 0) is 23.6 Å². The Labute approximate surface area is 152 Å². The maximum atomic E-state index is 12.7. The van der Waals surface area contributed by atoms with Crippen molar-refractivity contribution in [1.82, 2.24) is 9.55 Å².